The van der Waals surface area contributed by atoms with Gasteiger partial charge in [-0.25, -0.2) is 0 Å². The van der Waals surface area contributed by atoms with Crippen molar-refractivity contribution in [2.75, 3.05) is 0 Å². The Morgan fingerprint density at radius 2 is 1.92 bits per heavy atom. The first-order valence-corrected chi connectivity index (χ1v) is 8.32. The van der Waals surface area contributed by atoms with E-state index in [-0.39, 0.29) is 5.43 Å². The summed E-state index contributed by atoms with van der Waals surface area (Å²) in [5, 5.41) is 20.8. The fourth-order valence-corrected chi connectivity index (χ4v) is 4.01. The van der Waals surface area contributed by atoms with Gasteiger partial charge in [-0.05, 0) is 26.3 Å². The zero-order valence-corrected chi connectivity index (χ0v) is 14.3. The Morgan fingerprint density at radius 3 is 2.56 bits per heavy atom. The molecule has 3 N–H and O–H groups in total. The number of aliphatic hydroxyl groups excluding tert-OH is 2. The Labute approximate surface area is 145 Å². The first kappa shape index (κ1) is 16.3. The van der Waals surface area contributed by atoms with Crippen LogP contribution in [0.2, 0.25) is 0 Å². The largest absolute Gasteiger partial charge is 0.471 e. The van der Waals surface area contributed by atoms with Gasteiger partial charge in [0.2, 0.25) is 0 Å². The molecule has 1 saturated heterocycles. The summed E-state index contributed by atoms with van der Waals surface area (Å²) in [6, 6.07) is 9.32. The molecule has 6 heteroatoms. The van der Waals surface area contributed by atoms with Crippen molar-refractivity contribution in [1.82, 2.24) is 4.98 Å². The van der Waals surface area contributed by atoms with Crippen LogP contribution < -0.4 is 10.2 Å². The maximum Gasteiger partial charge on any atom is 0.199 e. The van der Waals surface area contributed by atoms with Crippen molar-refractivity contribution < 1.29 is 19.7 Å². The number of benzene rings is 1. The van der Waals surface area contributed by atoms with Crippen LogP contribution in [-0.2, 0) is 10.2 Å². The summed E-state index contributed by atoms with van der Waals surface area (Å²) >= 11 is 0. The Morgan fingerprint density at radius 1 is 1.24 bits per heavy atom. The first-order chi connectivity index (χ1) is 11.8. The van der Waals surface area contributed by atoms with Gasteiger partial charge in [0.15, 0.2) is 17.6 Å². The number of nitrogens with one attached hydrogen (secondary N) is 1. The molecule has 2 aromatic rings. The van der Waals surface area contributed by atoms with Crippen molar-refractivity contribution >= 4 is 0 Å². The molecule has 0 radical (unpaired) electrons. The first-order valence-electron chi connectivity index (χ1n) is 8.32. The molecule has 2 aliphatic rings. The number of aliphatic hydroxyl groups is 2. The number of rotatable bonds is 2. The molecular formula is C19H21NO5. The molecule has 0 unspecified atom stereocenters. The summed E-state index contributed by atoms with van der Waals surface area (Å²) in [4.78, 5) is 16.2. The van der Waals surface area contributed by atoms with Gasteiger partial charge >= 0.3 is 0 Å². The normalized spacial score (nSPS) is 34.3. The van der Waals surface area contributed by atoms with E-state index in [1.54, 1.807) is 27.0 Å². The number of fused-ring (bicyclic) bond motifs is 3. The van der Waals surface area contributed by atoms with E-state index >= 15 is 0 Å². The molecule has 25 heavy (non-hydrogen) atoms. The molecule has 0 saturated carbocycles. The highest BCUT2D eigenvalue weighted by Gasteiger charge is 2.68. The quantitative estimate of drug-likeness (QED) is 0.769. The smallest absolute Gasteiger partial charge is 0.199 e. The summed E-state index contributed by atoms with van der Waals surface area (Å²) < 4.78 is 11.6. The van der Waals surface area contributed by atoms with Crippen LogP contribution in [0, 0.1) is 0 Å². The molecule has 1 aromatic carbocycles. The summed E-state index contributed by atoms with van der Waals surface area (Å²) in [7, 11) is 0. The Balaban J connectivity index is 1.91. The van der Waals surface area contributed by atoms with Crippen LogP contribution in [0.15, 0.2) is 41.3 Å². The average molecular weight is 343 g/mol. The van der Waals surface area contributed by atoms with Crippen LogP contribution in [0.4, 0.5) is 0 Å². The molecule has 1 aromatic heterocycles. The third-order valence-electron chi connectivity index (χ3n) is 5.68. The maximum atomic E-state index is 13.2. The van der Waals surface area contributed by atoms with Gasteiger partial charge in [0.1, 0.15) is 11.7 Å². The van der Waals surface area contributed by atoms with E-state index in [1.807, 2.05) is 30.3 Å². The van der Waals surface area contributed by atoms with E-state index in [4.69, 9.17) is 9.47 Å². The van der Waals surface area contributed by atoms with Crippen molar-refractivity contribution in [2.24, 2.45) is 0 Å². The number of aromatic nitrogens is 1. The van der Waals surface area contributed by atoms with Crippen molar-refractivity contribution in [2.45, 2.75) is 50.3 Å². The summed E-state index contributed by atoms with van der Waals surface area (Å²) in [6.07, 6.45) is -1.20. The molecule has 0 bridgehead atoms. The molecule has 3 heterocycles. The van der Waals surface area contributed by atoms with Gasteiger partial charge in [-0.1, -0.05) is 30.3 Å². The van der Waals surface area contributed by atoms with Crippen molar-refractivity contribution in [3.63, 3.8) is 0 Å². The number of hydrogen-bond acceptors (Lipinski definition) is 5. The van der Waals surface area contributed by atoms with E-state index in [0.717, 1.165) is 5.56 Å². The second kappa shape index (κ2) is 5.17. The van der Waals surface area contributed by atoms with Gasteiger partial charge in [-0.3, -0.25) is 4.79 Å². The molecule has 4 rings (SSSR count). The van der Waals surface area contributed by atoms with Crippen molar-refractivity contribution in [3.05, 3.63) is 52.3 Å². The van der Waals surface area contributed by atoms with E-state index in [9.17, 15) is 15.0 Å². The van der Waals surface area contributed by atoms with Gasteiger partial charge in [0.05, 0.1) is 17.1 Å². The molecule has 5 atom stereocenters. The lowest BCUT2D eigenvalue weighted by Gasteiger charge is -2.32. The number of aromatic amines is 1. The molecule has 1 fully saturated rings. The minimum Gasteiger partial charge on any atom is -0.471 e. The lowest BCUT2D eigenvalue weighted by atomic mass is 9.74. The second-order valence-corrected chi connectivity index (χ2v) is 7.21. The number of hydrogen-bond donors (Lipinski definition) is 3. The molecule has 6 nitrogen and oxygen atoms in total. The minimum atomic E-state index is -1.26. The second-order valence-electron chi connectivity index (χ2n) is 7.21. The van der Waals surface area contributed by atoms with Crippen molar-refractivity contribution in [1.29, 1.82) is 0 Å². The van der Waals surface area contributed by atoms with Gasteiger partial charge in [-0.15, -0.1) is 0 Å². The van der Waals surface area contributed by atoms with Crippen LogP contribution in [0.5, 0.6) is 5.88 Å². The van der Waals surface area contributed by atoms with E-state index in [1.165, 1.54) is 0 Å². The van der Waals surface area contributed by atoms with Crippen molar-refractivity contribution in [3.8, 4) is 17.0 Å². The van der Waals surface area contributed by atoms with E-state index in [0.29, 0.717) is 17.0 Å². The standard InChI is InChI=1S/C19H21NO5/c1-10(21)19(3)16-18(2,17(23)25-19)13-14(22)12(9-20-15(13)24-16)11-7-5-4-6-8-11/h4-10,16-17,21,23H,1-3H3,(H,20,22)/t10-,16+,17-,18-,19-/m0/s1. The summed E-state index contributed by atoms with van der Waals surface area (Å²) in [5.74, 6) is 0.325. The molecule has 0 spiro atoms. The van der Waals surface area contributed by atoms with E-state index in [2.05, 4.69) is 4.98 Å². The monoisotopic (exact) mass is 343 g/mol. The number of ether oxygens (including phenoxy) is 2. The number of pyridine rings is 1. The average Bonchev–Trinajstić information content (AvgIpc) is 3.00. The summed E-state index contributed by atoms with van der Waals surface area (Å²) in [5.41, 5.74) is -0.758. The maximum absolute atomic E-state index is 13.2. The molecular weight excluding hydrogens is 322 g/mol. The highest BCUT2D eigenvalue weighted by atomic mass is 16.7. The number of H-pyrrole nitrogens is 1. The lowest BCUT2D eigenvalue weighted by Crippen LogP contribution is -2.52. The Hall–Kier alpha value is -2.15. The SMILES string of the molecule is C[C@H](O)[C@]1(C)O[C@H](O)[C@@]2(C)c3c([nH]cc(-c4ccccc4)c3=O)O[C@@H]12. The van der Waals surface area contributed by atoms with Crippen LogP contribution in [0.25, 0.3) is 11.1 Å². The third-order valence-corrected chi connectivity index (χ3v) is 5.68. The van der Waals surface area contributed by atoms with Gasteiger partial charge in [0.25, 0.3) is 0 Å². The molecule has 0 aliphatic carbocycles. The zero-order chi connectivity index (χ0) is 18.0. The van der Waals surface area contributed by atoms with E-state index < -0.39 is 29.5 Å². The van der Waals surface area contributed by atoms with Gasteiger partial charge < -0.3 is 24.7 Å². The third kappa shape index (κ3) is 1.99. The molecule has 2 aliphatic heterocycles. The van der Waals surface area contributed by atoms with Crippen LogP contribution in [0.1, 0.15) is 26.3 Å². The zero-order valence-electron chi connectivity index (χ0n) is 14.3. The van der Waals surface area contributed by atoms with Gasteiger partial charge in [-0.2, -0.15) is 0 Å². The fourth-order valence-electron chi connectivity index (χ4n) is 4.01. The fraction of sp³-hybridized carbons (Fsp3) is 0.421. The Kier molecular flexibility index (Phi) is 3.38. The van der Waals surface area contributed by atoms with Crippen LogP contribution in [0.3, 0.4) is 0 Å². The summed E-state index contributed by atoms with van der Waals surface area (Å²) in [6.45, 7) is 5.01. The lowest BCUT2D eigenvalue weighted by molar-refractivity contribution is -0.184. The molecule has 0 amide bonds. The van der Waals surface area contributed by atoms with Crippen LogP contribution >= 0.6 is 0 Å². The highest BCUT2D eigenvalue weighted by Crippen LogP contribution is 2.54. The topological polar surface area (TPSA) is 91.8 Å². The predicted octanol–water partition coefficient (Wildman–Crippen LogP) is 1.55. The minimum absolute atomic E-state index is 0.206. The van der Waals surface area contributed by atoms with Crippen LogP contribution in [-0.4, -0.2) is 39.3 Å². The predicted molar refractivity (Wildman–Crippen MR) is 91.4 cm³/mol. The highest BCUT2D eigenvalue weighted by molar-refractivity contribution is 5.65. The molecule has 132 valence electrons. The van der Waals surface area contributed by atoms with Gasteiger partial charge in [0, 0.05) is 11.8 Å². The Bertz CT molecular complexity index is 877.